The van der Waals surface area contributed by atoms with E-state index in [1.54, 1.807) is 24.3 Å². The first kappa shape index (κ1) is 11.1. The van der Waals surface area contributed by atoms with Crippen LogP contribution in [0.15, 0.2) is 30.3 Å². The normalized spacial score (nSPS) is 9.79. The Balaban J connectivity index is 2.29. The molecular formula is C10H12O3S. The van der Waals surface area contributed by atoms with E-state index in [1.165, 1.54) is 0 Å². The van der Waals surface area contributed by atoms with Crippen molar-refractivity contribution in [3.8, 4) is 0 Å². The second-order valence-corrected chi connectivity index (χ2v) is 2.80. The molecule has 0 bridgehead atoms. The van der Waals surface area contributed by atoms with Crippen LogP contribution in [-0.2, 0) is 9.47 Å². The van der Waals surface area contributed by atoms with Crippen LogP contribution in [0.1, 0.15) is 10.4 Å². The van der Waals surface area contributed by atoms with Gasteiger partial charge in [-0.1, -0.05) is 18.2 Å². The zero-order valence-electron chi connectivity index (χ0n) is 7.68. The minimum absolute atomic E-state index is 0.258. The molecule has 3 nitrogen and oxygen atoms in total. The summed E-state index contributed by atoms with van der Waals surface area (Å²) in [7, 11) is 0. The molecule has 0 aliphatic carbocycles. The average molecular weight is 212 g/mol. The van der Waals surface area contributed by atoms with E-state index in [0.29, 0.717) is 18.1 Å². The van der Waals surface area contributed by atoms with Gasteiger partial charge in [0, 0.05) is 0 Å². The van der Waals surface area contributed by atoms with Crippen molar-refractivity contribution in [3.05, 3.63) is 35.9 Å². The number of esters is 1. The Morgan fingerprint density at radius 1 is 1.21 bits per heavy atom. The predicted octanol–water partition coefficient (Wildman–Crippen LogP) is 1.75. The van der Waals surface area contributed by atoms with Gasteiger partial charge in [0.05, 0.1) is 18.1 Å². The molecule has 0 spiro atoms. The molecule has 0 N–H and O–H groups in total. The number of thiol groups is 1. The maximum atomic E-state index is 11.3. The molecule has 1 aromatic carbocycles. The second-order valence-electron chi connectivity index (χ2n) is 2.54. The lowest BCUT2D eigenvalue weighted by atomic mass is 10.2. The Morgan fingerprint density at radius 3 is 2.57 bits per heavy atom. The molecule has 4 heteroatoms. The molecule has 1 aromatic rings. The molecule has 0 amide bonds. The van der Waals surface area contributed by atoms with Gasteiger partial charge in [-0.25, -0.2) is 4.79 Å². The Labute approximate surface area is 88.4 Å². The SMILES string of the molecule is O=C(OCCOCS)c1ccccc1. The summed E-state index contributed by atoms with van der Waals surface area (Å²) in [6, 6.07) is 8.85. The number of carbonyl (C=O) groups excluding carboxylic acids is 1. The van der Waals surface area contributed by atoms with E-state index < -0.39 is 0 Å². The monoisotopic (exact) mass is 212 g/mol. The molecule has 0 aliphatic heterocycles. The summed E-state index contributed by atoms with van der Waals surface area (Å²) in [5, 5.41) is 0. The van der Waals surface area contributed by atoms with Crippen molar-refractivity contribution in [2.75, 3.05) is 19.2 Å². The fourth-order valence-electron chi connectivity index (χ4n) is 0.915. The van der Waals surface area contributed by atoms with Crippen molar-refractivity contribution in [2.45, 2.75) is 0 Å². The number of hydrogen-bond acceptors (Lipinski definition) is 4. The summed E-state index contributed by atoms with van der Waals surface area (Å²) in [5.41, 5.74) is 0.554. The molecule has 0 fully saturated rings. The topological polar surface area (TPSA) is 35.5 Å². The number of ether oxygens (including phenoxy) is 2. The molecule has 0 saturated heterocycles. The lowest BCUT2D eigenvalue weighted by Crippen LogP contribution is -2.10. The van der Waals surface area contributed by atoms with Gasteiger partial charge in [0.25, 0.3) is 0 Å². The molecule has 0 unspecified atom stereocenters. The maximum absolute atomic E-state index is 11.3. The number of hydrogen-bond donors (Lipinski definition) is 1. The lowest BCUT2D eigenvalue weighted by Gasteiger charge is -2.03. The van der Waals surface area contributed by atoms with Crippen LogP contribution < -0.4 is 0 Å². The number of carbonyl (C=O) groups is 1. The van der Waals surface area contributed by atoms with Gasteiger partial charge < -0.3 is 9.47 Å². The fourth-order valence-corrected chi connectivity index (χ4v) is 1.04. The van der Waals surface area contributed by atoms with Gasteiger partial charge in [-0.2, -0.15) is 12.6 Å². The summed E-state index contributed by atoms with van der Waals surface area (Å²) >= 11 is 3.85. The molecule has 0 radical (unpaired) electrons. The lowest BCUT2D eigenvalue weighted by molar-refractivity contribution is 0.0375. The summed E-state index contributed by atoms with van der Waals surface area (Å²) in [6.45, 7) is 0.635. The summed E-state index contributed by atoms with van der Waals surface area (Å²) in [4.78, 5) is 11.3. The molecule has 0 aliphatic rings. The first-order chi connectivity index (χ1) is 6.84. The third kappa shape index (κ3) is 3.81. The second kappa shape index (κ2) is 6.45. The average Bonchev–Trinajstić information content (AvgIpc) is 2.25. The molecule has 0 heterocycles. The summed E-state index contributed by atoms with van der Waals surface area (Å²) in [5.74, 6) is 0.0106. The van der Waals surface area contributed by atoms with Gasteiger partial charge >= 0.3 is 5.97 Å². The van der Waals surface area contributed by atoms with Crippen molar-refractivity contribution in [1.82, 2.24) is 0 Å². The van der Waals surface area contributed by atoms with Gasteiger partial charge in [-0.15, -0.1) is 0 Å². The molecule has 0 atom stereocenters. The van der Waals surface area contributed by atoms with Crippen LogP contribution in [0.25, 0.3) is 0 Å². The van der Waals surface area contributed by atoms with Crippen LogP contribution in [0.2, 0.25) is 0 Å². The Morgan fingerprint density at radius 2 is 1.93 bits per heavy atom. The minimum atomic E-state index is -0.326. The largest absolute Gasteiger partial charge is 0.460 e. The number of rotatable bonds is 5. The van der Waals surface area contributed by atoms with Gasteiger partial charge in [0.1, 0.15) is 6.61 Å². The highest BCUT2D eigenvalue weighted by Crippen LogP contribution is 2.00. The molecule has 14 heavy (non-hydrogen) atoms. The van der Waals surface area contributed by atoms with Crippen LogP contribution in [0, 0.1) is 0 Å². The molecule has 1 rings (SSSR count). The van der Waals surface area contributed by atoms with E-state index in [9.17, 15) is 4.79 Å². The Bertz CT molecular complexity index is 274. The standard InChI is InChI=1S/C10H12O3S/c11-10(13-7-6-12-8-14)9-4-2-1-3-5-9/h1-5,14H,6-8H2. The van der Waals surface area contributed by atoms with E-state index in [0.717, 1.165) is 0 Å². The molecule has 0 saturated carbocycles. The van der Waals surface area contributed by atoms with Crippen LogP contribution in [-0.4, -0.2) is 25.1 Å². The van der Waals surface area contributed by atoms with E-state index in [-0.39, 0.29) is 12.6 Å². The summed E-state index contributed by atoms with van der Waals surface area (Å²) < 4.78 is 9.84. The van der Waals surface area contributed by atoms with Crippen molar-refractivity contribution >= 4 is 18.6 Å². The van der Waals surface area contributed by atoms with Gasteiger partial charge in [-0.3, -0.25) is 0 Å². The van der Waals surface area contributed by atoms with Crippen molar-refractivity contribution in [3.63, 3.8) is 0 Å². The molecule has 76 valence electrons. The highest BCUT2D eigenvalue weighted by atomic mass is 32.1. The molecular weight excluding hydrogens is 200 g/mol. The third-order valence-corrected chi connectivity index (χ3v) is 1.74. The highest BCUT2D eigenvalue weighted by molar-refractivity contribution is 7.80. The van der Waals surface area contributed by atoms with Crippen LogP contribution in [0.4, 0.5) is 0 Å². The maximum Gasteiger partial charge on any atom is 0.338 e. The first-order valence-corrected chi connectivity index (χ1v) is 4.88. The van der Waals surface area contributed by atoms with Gasteiger partial charge in [0.2, 0.25) is 0 Å². The fraction of sp³-hybridized carbons (Fsp3) is 0.300. The predicted molar refractivity (Wildman–Crippen MR) is 56.5 cm³/mol. The van der Waals surface area contributed by atoms with Gasteiger partial charge in [0.15, 0.2) is 0 Å². The van der Waals surface area contributed by atoms with Crippen LogP contribution >= 0.6 is 12.6 Å². The minimum Gasteiger partial charge on any atom is -0.460 e. The Kier molecular flexibility index (Phi) is 5.11. The van der Waals surface area contributed by atoms with Crippen LogP contribution in [0.3, 0.4) is 0 Å². The van der Waals surface area contributed by atoms with E-state index >= 15 is 0 Å². The summed E-state index contributed by atoms with van der Waals surface area (Å²) in [6.07, 6.45) is 0. The van der Waals surface area contributed by atoms with Crippen molar-refractivity contribution < 1.29 is 14.3 Å². The smallest absolute Gasteiger partial charge is 0.338 e. The van der Waals surface area contributed by atoms with Crippen molar-refractivity contribution in [1.29, 1.82) is 0 Å². The zero-order chi connectivity index (χ0) is 10.2. The van der Waals surface area contributed by atoms with E-state index in [1.807, 2.05) is 6.07 Å². The molecule has 0 aromatic heterocycles. The number of benzene rings is 1. The first-order valence-electron chi connectivity index (χ1n) is 4.25. The third-order valence-electron chi connectivity index (χ3n) is 1.56. The van der Waals surface area contributed by atoms with Gasteiger partial charge in [-0.05, 0) is 12.1 Å². The quantitative estimate of drug-likeness (QED) is 0.349. The van der Waals surface area contributed by atoms with Crippen molar-refractivity contribution in [2.24, 2.45) is 0 Å². The Hall–Kier alpha value is -1.00. The van der Waals surface area contributed by atoms with Crippen LogP contribution in [0.5, 0.6) is 0 Å². The highest BCUT2D eigenvalue weighted by Gasteiger charge is 2.04. The van der Waals surface area contributed by atoms with E-state index in [4.69, 9.17) is 9.47 Å². The zero-order valence-corrected chi connectivity index (χ0v) is 8.57. The van der Waals surface area contributed by atoms with E-state index in [2.05, 4.69) is 12.6 Å².